The quantitative estimate of drug-likeness (QED) is 0.526. The fourth-order valence-electron chi connectivity index (χ4n) is 1.41. The Labute approximate surface area is 136 Å². The van der Waals surface area contributed by atoms with Gasteiger partial charge in [0.2, 0.25) is 0 Å². The molecule has 0 aliphatic heterocycles. The molecular formula is C13H7Br2Cl2FO. The standard InChI is InChI=1S/C13H7Br2Cl2FO/c14-8-2-1-7(12(18)3-8)6-19-13-5-10(16)9(15)4-11(13)17/h1-5H,6H2. The third kappa shape index (κ3) is 3.85. The van der Waals surface area contributed by atoms with Crippen molar-refractivity contribution in [1.29, 1.82) is 0 Å². The van der Waals surface area contributed by atoms with Crippen LogP contribution >= 0.6 is 55.1 Å². The van der Waals surface area contributed by atoms with E-state index in [1.807, 2.05) is 0 Å². The second kappa shape index (κ2) is 6.44. The number of rotatable bonds is 3. The summed E-state index contributed by atoms with van der Waals surface area (Å²) in [5.41, 5.74) is 0.443. The SMILES string of the molecule is Fc1cc(Br)ccc1COc1cc(Cl)c(Br)cc1Cl. The van der Waals surface area contributed by atoms with Gasteiger partial charge in [-0.3, -0.25) is 0 Å². The van der Waals surface area contributed by atoms with E-state index in [9.17, 15) is 4.39 Å². The van der Waals surface area contributed by atoms with Crippen LogP contribution in [0.1, 0.15) is 5.56 Å². The Kier molecular flexibility index (Phi) is 5.12. The molecule has 2 aromatic rings. The van der Waals surface area contributed by atoms with E-state index >= 15 is 0 Å². The summed E-state index contributed by atoms with van der Waals surface area (Å²) < 4.78 is 20.5. The molecule has 6 heteroatoms. The van der Waals surface area contributed by atoms with Crippen molar-refractivity contribution in [3.05, 3.63) is 60.7 Å². The molecule has 0 atom stereocenters. The third-order valence-corrected chi connectivity index (χ3v) is 4.36. The lowest BCUT2D eigenvalue weighted by molar-refractivity contribution is 0.300. The van der Waals surface area contributed by atoms with E-state index in [2.05, 4.69) is 31.9 Å². The number of hydrogen-bond donors (Lipinski definition) is 0. The van der Waals surface area contributed by atoms with Crippen LogP contribution in [0.4, 0.5) is 4.39 Å². The average molecular weight is 429 g/mol. The van der Waals surface area contributed by atoms with E-state index in [0.717, 1.165) is 0 Å². The molecule has 0 aromatic heterocycles. The topological polar surface area (TPSA) is 9.23 Å². The highest BCUT2D eigenvalue weighted by Gasteiger charge is 2.09. The van der Waals surface area contributed by atoms with Crippen LogP contribution in [0, 0.1) is 5.82 Å². The minimum absolute atomic E-state index is 0.0802. The van der Waals surface area contributed by atoms with Gasteiger partial charge in [0.05, 0.1) is 10.0 Å². The van der Waals surface area contributed by atoms with Gasteiger partial charge >= 0.3 is 0 Å². The molecule has 0 aliphatic carbocycles. The molecule has 0 radical (unpaired) electrons. The molecule has 0 bridgehead atoms. The maximum Gasteiger partial charge on any atom is 0.139 e. The van der Waals surface area contributed by atoms with Crippen molar-refractivity contribution in [2.75, 3.05) is 0 Å². The lowest BCUT2D eigenvalue weighted by Crippen LogP contribution is -1.99. The van der Waals surface area contributed by atoms with Gasteiger partial charge in [-0.25, -0.2) is 4.39 Å². The van der Waals surface area contributed by atoms with Gasteiger partial charge in [0.15, 0.2) is 0 Å². The molecule has 1 nitrogen and oxygen atoms in total. The molecule has 0 saturated heterocycles. The second-order valence-corrected chi connectivity index (χ2v) is 6.31. The van der Waals surface area contributed by atoms with Gasteiger partial charge in [0, 0.05) is 20.6 Å². The average Bonchev–Trinajstić information content (AvgIpc) is 2.34. The summed E-state index contributed by atoms with van der Waals surface area (Å²) in [7, 11) is 0. The monoisotopic (exact) mass is 426 g/mol. The van der Waals surface area contributed by atoms with E-state index in [0.29, 0.717) is 30.3 Å². The first-order valence-electron chi connectivity index (χ1n) is 5.18. The smallest absolute Gasteiger partial charge is 0.139 e. The summed E-state index contributed by atoms with van der Waals surface area (Å²) in [6, 6.07) is 8.00. The van der Waals surface area contributed by atoms with Crippen molar-refractivity contribution in [3.63, 3.8) is 0 Å². The lowest BCUT2D eigenvalue weighted by Gasteiger charge is -2.10. The summed E-state index contributed by atoms with van der Waals surface area (Å²) >= 11 is 18.4. The Hall–Kier alpha value is -0.290. The fraction of sp³-hybridized carbons (Fsp3) is 0.0769. The first-order valence-corrected chi connectivity index (χ1v) is 7.53. The van der Waals surface area contributed by atoms with Crippen molar-refractivity contribution in [2.24, 2.45) is 0 Å². The molecule has 19 heavy (non-hydrogen) atoms. The minimum atomic E-state index is -0.339. The Morgan fingerprint density at radius 3 is 2.47 bits per heavy atom. The molecule has 0 aliphatic rings. The molecular weight excluding hydrogens is 422 g/mol. The van der Waals surface area contributed by atoms with Gasteiger partial charge in [0.1, 0.15) is 18.2 Å². The lowest BCUT2D eigenvalue weighted by atomic mass is 10.2. The highest BCUT2D eigenvalue weighted by molar-refractivity contribution is 9.10. The van der Waals surface area contributed by atoms with Crippen LogP contribution in [0.5, 0.6) is 5.75 Å². The number of ether oxygens (including phenoxy) is 1. The summed E-state index contributed by atoms with van der Waals surface area (Å²) in [4.78, 5) is 0. The van der Waals surface area contributed by atoms with Gasteiger partial charge < -0.3 is 4.74 Å². The molecule has 0 amide bonds. The molecule has 0 N–H and O–H groups in total. The summed E-state index contributed by atoms with van der Waals surface area (Å²) in [5.74, 6) is 0.0749. The predicted molar refractivity (Wildman–Crippen MR) is 82.6 cm³/mol. The molecule has 2 aromatic carbocycles. The first-order chi connectivity index (χ1) is 8.97. The Balaban J connectivity index is 2.16. The van der Waals surface area contributed by atoms with Gasteiger partial charge in [-0.05, 0) is 34.1 Å². The summed E-state index contributed by atoms with van der Waals surface area (Å²) in [5, 5.41) is 0.893. The Morgan fingerprint density at radius 2 is 1.79 bits per heavy atom. The van der Waals surface area contributed by atoms with Crippen LogP contribution in [0.3, 0.4) is 0 Å². The van der Waals surface area contributed by atoms with Gasteiger partial charge in [-0.2, -0.15) is 0 Å². The molecule has 0 fully saturated rings. The van der Waals surface area contributed by atoms with Crippen LogP contribution in [0.15, 0.2) is 39.3 Å². The van der Waals surface area contributed by atoms with E-state index < -0.39 is 0 Å². The molecule has 2 rings (SSSR count). The van der Waals surface area contributed by atoms with Crippen LogP contribution in [-0.4, -0.2) is 0 Å². The largest absolute Gasteiger partial charge is 0.487 e. The minimum Gasteiger partial charge on any atom is -0.487 e. The van der Waals surface area contributed by atoms with E-state index in [1.165, 1.54) is 6.07 Å². The highest BCUT2D eigenvalue weighted by Crippen LogP contribution is 2.34. The molecule has 0 unspecified atom stereocenters. The first kappa shape index (κ1) is 15.1. The Bertz CT molecular complexity index is 620. The van der Waals surface area contributed by atoms with Crippen LogP contribution in [0.2, 0.25) is 10.0 Å². The van der Waals surface area contributed by atoms with Gasteiger partial charge in [-0.1, -0.05) is 45.2 Å². The van der Waals surface area contributed by atoms with E-state index in [-0.39, 0.29) is 12.4 Å². The third-order valence-electron chi connectivity index (χ3n) is 2.37. The Morgan fingerprint density at radius 1 is 1.05 bits per heavy atom. The molecule has 0 saturated carbocycles. The van der Waals surface area contributed by atoms with Gasteiger partial charge in [0.25, 0.3) is 0 Å². The van der Waals surface area contributed by atoms with Crippen LogP contribution in [0.25, 0.3) is 0 Å². The summed E-state index contributed by atoms with van der Waals surface area (Å²) in [6.07, 6.45) is 0. The summed E-state index contributed by atoms with van der Waals surface area (Å²) in [6.45, 7) is 0.0802. The molecule has 100 valence electrons. The van der Waals surface area contributed by atoms with Crippen LogP contribution < -0.4 is 4.74 Å². The molecule has 0 spiro atoms. The zero-order chi connectivity index (χ0) is 14.0. The molecule has 0 heterocycles. The van der Waals surface area contributed by atoms with E-state index in [4.69, 9.17) is 27.9 Å². The van der Waals surface area contributed by atoms with Crippen molar-refractivity contribution in [2.45, 2.75) is 6.61 Å². The fourth-order valence-corrected chi connectivity index (χ4v) is 2.59. The number of halogens is 5. The van der Waals surface area contributed by atoms with Crippen molar-refractivity contribution in [1.82, 2.24) is 0 Å². The zero-order valence-electron chi connectivity index (χ0n) is 9.39. The second-order valence-electron chi connectivity index (χ2n) is 3.72. The van der Waals surface area contributed by atoms with Crippen LogP contribution in [-0.2, 0) is 6.61 Å². The predicted octanol–water partition coefficient (Wildman–Crippen LogP) is 6.24. The maximum atomic E-state index is 13.6. The van der Waals surface area contributed by atoms with Crippen molar-refractivity contribution in [3.8, 4) is 5.75 Å². The van der Waals surface area contributed by atoms with E-state index in [1.54, 1.807) is 24.3 Å². The normalized spacial score (nSPS) is 10.6. The van der Waals surface area contributed by atoms with Crippen molar-refractivity contribution < 1.29 is 9.13 Å². The number of benzene rings is 2. The number of hydrogen-bond acceptors (Lipinski definition) is 1. The maximum absolute atomic E-state index is 13.6. The van der Waals surface area contributed by atoms with Gasteiger partial charge in [-0.15, -0.1) is 0 Å². The zero-order valence-corrected chi connectivity index (χ0v) is 14.1. The highest BCUT2D eigenvalue weighted by atomic mass is 79.9. The van der Waals surface area contributed by atoms with Crippen molar-refractivity contribution >= 4 is 55.1 Å².